The summed E-state index contributed by atoms with van der Waals surface area (Å²) in [6.45, 7) is 4.55. The molecule has 0 aliphatic rings. The molecule has 0 aliphatic heterocycles. The first-order valence-corrected chi connectivity index (χ1v) is 7.88. The zero-order valence-electron chi connectivity index (χ0n) is 14.9. The van der Waals surface area contributed by atoms with Crippen LogP contribution in [0.15, 0.2) is 42.5 Å². The molecule has 0 amide bonds. The third-order valence-electron chi connectivity index (χ3n) is 3.76. The third-order valence-corrected chi connectivity index (χ3v) is 3.76. The zero-order valence-corrected chi connectivity index (χ0v) is 14.9. The first-order valence-electron chi connectivity index (χ1n) is 7.88. The van der Waals surface area contributed by atoms with Gasteiger partial charge in [-0.25, -0.2) is 0 Å². The highest BCUT2D eigenvalue weighted by Gasteiger charge is 2.12. The predicted molar refractivity (Wildman–Crippen MR) is 96.5 cm³/mol. The van der Waals surface area contributed by atoms with Crippen LogP contribution in [-0.4, -0.2) is 27.9 Å². The van der Waals surface area contributed by atoms with Crippen LogP contribution >= 0.6 is 0 Å². The Bertz CT molecular complexity index is 720. The Balaban J connectivity index is 2.47. The molecule has 0 N–H and O–H groups in total. The first kappa shape index (κ1) is 17.7. The molecule has 128 valence electrons. The van der Waals surface area contributed by atoms with E-state index in [4.69, 9.17) is 18.9 Å². The Kier molecular flexibility index (Phi) is 6.13. The molecule has 0 radical (unpaired) electrons. The fraction of sp³-hybridized carbons (Fsp3) is 0.300. The molecule has 0 aliphatic carbocycles. The van der Waals surface area contributed by atoms with E-state index in [1.165, 1.54) is 0 Å². The van der Waals surface area contributed by atoms with Gasteiger partial charge in [0.1, 0.15) is 0 Å². The molecule has 0 saturated carbocycles. The molecule has 0 unspecified atom stereocenters. The monoisotopic (exact) mass is 328 g/mol. The number of hydrogen-bond acceptors (Lipinski definition) is 4. The average molecular weight is 328 g/mol. The molecule has 0 fully saturated rings. The van der Waals surface area contributed by atoms with Crippen LogP contribution in [0.1, 0.15) is 25.0 Å². The largest absolute Gasteiger partial charge is 0.493 e. The van der Waals surface area contributed by atoms with Gasteiger partial charge in [0.25, 0.3) is 0 Å². The Morgan fingerprint density at radius 1 is 0.792 bits per heavy atom. The molecular weight excluding hydrogens is 304 g/mol. The Hall–Kier alpha value is -2.62. The highest BCUT2D eigenvalue weighted by Crippen LogP contribution is 2.36. The van der Waals surface area contributed by atoms with E-state index >= 15 is 0 Å². The molecule has 2 rings (SSSR count). The van der Waals surface area contributed by atoms with Gasteiger partial charge in [-0.1, -0.05) is 18.2 Å². The van der Waals surface area contributed by atoms with Crippen molar-refractivity contribution in [2.45, 2.75) is 13.8 Å². The second-order valence-electron chi connectivity index (χ2n) is 5.07. The summed E-state index contributed by atoms with van der Waals surface area (Å²) in [6.07, 6.45) is 2.07. The lowest BCUT2D eigenvalue weighted by Gasteiger charge is -2.15. The minimum Gasteiger partial charge on any atom is -0.493 e. The van der Waals surface area contributed by atoms with Gasteiger partial charge >= 0.3 is 0 Å². The van der Waals surface area contributed by atoms with Crippen LogP contribution in [0.25, 0.3) is 5.57 Å². The van der Waals surface area contributed by atoms with Crippen LogP contribution in [0, 0.1) is 0 Å². The lowest BCUT2D eigenvalue weighted by atomic mass is 9.97. The summed E-state index contributed by atoms with van der Waals surface area (Å²) in [5, 5.41) is 0. The highest BCUT2D eigenvalue weighted by atomic mass is 16.5. The summed E-state index contributed by atoms with van der Waals surface area (Å²) in [7, 11) is 4.91. The van der Waals surface area contributed by atoms with E-state index in [2.05, 4.69) is 6.08 Å². The Morgan fingerprint density at radius 3 is 1.75 bits per heavy atom. The standard InChI is InChI=1S/C20H24O4/c1-6-16(14-8-10-17(21-3)19(12-14)23-5)15-9-11-18(22-4)20(13-15)24-7-2/h6,8-13H,7H2,1-5H3. The molecule has 2 aromatic carbocycles. The van der Waals surface area contributed by atoms with Crippen molar-refractivity contribution in [3.63, 3.8) is 0 Å². The van der Waals surface area contributed by atoms with Crippen molar-refractivity contribution in [1.82, 2.24) is 0 Å². The number of ether oxygens (including phenoxy) is 4. The summed E-state index contributed by atoms with van der Waals surface area (Å²) < 4.78 is 21.8. The van der Waals surface area contributed by atoms with E-state index in [0.717, 1.165) is 28.2 Å². The number of rotatable bonds is 7. The van der Waals surface area contributed by atoms with Gasteiger partial charge in [0.05, 0.1) is 27.9 Å². The first-order chi connectivity index (χ1) is 11.7. The van der Waals surface area contributed by atoms with Gasteiger partial charge in [-0.05, 0) is 54.8 Å². The molecule has 0 bridgehead atoms. The van der Waals surface area contributed by atoms with Crippen LogP contribution in [0.5, 0.6) is 23.0 Å². The summed E-state index contributed by atoms with van der Waals surface area (Å²) in [5.41, 5.74) is 3.18. The highest BCUT2D eigenvalue weighted by molar-refractivity contribution is 5.81. The average Bonchev–Trinajstić information content (AvgIpc) is 2.62. The molecule has 0 spiro atoms. The number of methoxy groups -OCH3 is 3. The number of hydrogen-bond donors (Lipinski definition) is 0. The molecule has 0 atom stereocenters. The summed E-state index contributed by atoms with van der Waals surface area (Å²) in [5.74, 6) is 2.87. The molecule has 0 saturated heterocycles. The normalized spacial score (nSPS) is 11.1. The van der Waals surface area contributed by atoms with Crippen molar-refractivity contribution in [3.05, 3.63) is 53.6 Å². The predicted octanol–water partition coefficient (Wildman–Crippen LogP) is 4.56. The third kappa shape index (κ3) is 3.65. The van der Waals surface area contributed by atoms with E-state index in [1.54, 1.807) is 21.3 Å². The fourth-order valence-electron chi connectivity index (χ4n) is 2.62. The van der Waals surface area contributed by atoms with Crippen molar-refractivity contribution in [1.29, 1.82) is 0 Å². The van der Waals surface area contributed by atoms with E-state index in [-0.39, 0.29) is 0 Å². The van der Waals surface area contributed by atoms with Crippen LogP contribution in [0.3, 0.4) is 0 Å². The van der Waals surface area contributed by atoms with Crippen molar-refractivity contribution in [3.8, 4) is 23.0 Å². The Morgan fingerprint density at radius 2 is 1.29 bits per heavy atom. The smallest absolute Gasteiger partial charge is 0.161 e. The second-order valence-corrected chi connectivity index (χ2v) is 5.07. The van der Waals surface area contributed by atoms with Crippen LogP contribution in [0.4, 0.5) is 0 Å². The zero-order chi connectivity index (χ0) is 17.5. The topological polar surface area (TPSA) is 36.9 Å². The maximum absolute atomic E-state index is 5.68. The molecule has 2 aromatic rings. The lowest BCUT2D eigenvalue weighted by Crippen LogP contribution is -1.97. The van der Waals surface area contributed by atoms with Gasteiger partial charge in [-0.15, -0.1) is 0 Å². The van der Waals surface area contributed by atoms with Gasteiger partial charge in [0.15, 0.2) is 23.0 Å². The number of allylic oxidation sites excluding steroid dienone is 1. The SMILES string of the molecule is CC=C(c1ccc(OC)c(OC)c1)c1ccc(OC)c(OCC)c1. The van der Waals surface area contributed by atoms with E-state index < -0.39 is 0 Å². The van der Waals surface area contributed by atoms with Gasteiger partial charge in [0, 0.05) is 0 Å². The quantitative estimate of drug-likeness (QED) is 0.746. The van der Waals surface area contributed by atoms with Crippen LogP contribution < -0.4 is 18.9 Å². The molecule has 4 heteroatoms. The molecule has 0 heterocycles. The summed E-state index contributed by atoms with van der Waals surface area (Å²) in [6, 6.07) is 11.8. The van der Waals surface area contributed by atoms with Crippen molar-refractivity contribution in [2.75, 3.05) is 27.9 Å². The minimum atomic E-state index is 0.585. The maximum Gasteiger partial charge on any atom is 0.161 e. The fourth-order valence-corrected chi connectivity index (χ4v) is 2.62. The van der Waals surface area contributed by atoms with Gasteiger partial charge in [-0.2, -0.15) is 0 Å². The van der Waals surface area contributed by atoms with Crippen LogP contribution in [0.2, 0.25) is 0 Å². The minimum absolute atomic E-state index is 0.585. The number of benzene rings is 2. The maximum atomic E-state index is 5.68. The van der Waals surface area contributed by atoms with E-state index in [1.807, 2.05) is 50.2 Å². The second kappa shape index (κ2) is 8.29. The molecule has 24 heavy (non-hydrogen) atoms. The lowest BCUT2D eigenvalue weighted by molar-refractivity contribution is 0.311. The summed E-state index contributed by atoms with van der Waals surface area (Å²) >= 11 is 0. The molecule has 0 aromatic heterocycles. The van der Waals surface area contributed by atoms with Gasteiger partial charge < -0.3 is 18.9 Å². The van der Waals surface area contributed by atoms with Gasteiger partial charge in [-0.3, -0.25) is 0 Å². The Labute approximate surface area is 143 Å². The van der Waals surface area contributed by atoms with Crippen molar-refractivity contribution >= 4 is 5.57 Å². The van der Waals surface area contributed by atoms with Crippen molar-refractivity contribution in [2.24, 2.45) is 0 Å². The summed E-state index contributed by atoms with van der Waals surface area (Å²) in [4.78, 5) is 0. The molecule has 4 nitrogen and oxygen atoms in total. The van der Waals surface area contributed by atoms with E-state index in [0.29, 0.717) is 18.1 Å². The van der Waals surface area contributed by atoms with Crippen LogP contribution in [-0.2, 0) is 0 Å². The molecular formula is C20H24O4. The van der Waals surface area contributed by atoms with Gasteiger partial charge in [0.2, 0.25) is 0 Å². The van der Waals surface area contributed by atoms with E-state index in [9.17, 15) is 0 Å². The van der Waals surface area contributed by atoms with Crippen molar-refractivity contribution < 1.29 is 18.9 Å².